The first-order chi connectivity index (χ1) is 16.4. The first-order valence-electron chi connectivity index (χ1n) is 12.9. The Bertz CT molecular complexity index is 830. The summed E-state index contributed by atoms with van der Waals surface area (Å²) < 4.78 is 11.0. The Morgan fingerprint density at radius 3 is 2.51 bits per heavy atom. The highest BCUT2D eigenvalue weighted by atomic mass is 16.7. The SMILES string of the molecule is C[C@]1([C@H](O)CO[C@H]2O[C@H](CO)[C@@H](O)[C@H](O)[C@H]2O)CC[C@H]2C(=CC[C@@H]3[C@]2(C)CCC[C@]3(C)C(=O)O)C1. The summed E-state index contributed by atoms with van der Waals surface area (Å²) in [5.74, 6) is -0.308. The summed E-state index contributed by atoms with van der Waals surface area (Å²) in [4.78, 5) is 12.2. The molecule has 0 aromatic carbocycles. The molecule has 1 heterocycles. The highest BCUT2D eigenvalue weighted by Gasteiger charge is 2.58. The van der Waals surface area contributed by atoms with E-state index in [1.807, 2.05) is 13.8 Å². The molecule has 4 rings (SSSR count). The van der Waals surface area contributed by atoms with Crippen LogP contribution in [0.25, 0.3) is 0 Å². The molecule has 0 aromatic heterocycles. The molecule has 0 amide bonds. The second-order valence-corrected chi connectivity index (χ2v) is 12.1. The summed E-state index contributed by atoms with van der Waals surface area (Å²) in [6.45, 7) is 5.51. The average Bonchev–Trinajstić information content (AvgIpc) is 2.81. The van der Waals surface area contributed by atoms with Gasteiger partial charge in [0.15, 0.2) is 6.29 Å². The molecule has 0 unspecified atom stereocenters. The Labute approximate surface area is 206 Å². The molecular weight excluding hydrogens is 456 g/mol. The first kappa shape index (κ1) is 27.0. The fourth-order valence-electron chi connectivity index (χ4n) is 7.57. The van der Waals surface area contributed by atoms with Crippen molar-refractivity contribution in [1.82, 2.24) is 0 Å². The molecule has 1 aliphatic heterocycles. The number of hydrogen-bond acceptors (Lipinski definition) is 8. The van der Waals surface area contributed by atoms with Crippen molar-refractivity contribution in [3.05, 3.63) is 11.6 Å². The molecule has 35 heavy (non-hydrogen) atoms. The topological polar surface area (TPSA) is 157 Å². The monoisotopic (exact) mass is 498 g/mol. The highest BCUT2D eigenvalue weighted by Crippen LogP contribution is 2.64. The van der Waals surface area contributed by atoms with Crippen LogP contribution in [-0.2, 0) is 14.3 Å². The number of aliphatic hydroxyl groups is 5. The summed E-state index contributed by atoms with van der Waals surface area (Å²) in [5, 5.41) is 60.6. The number of hydrogen-bond donors (Lipinski definition) is 6. The van der Waals surface area contributed by atoms with E-state index in [2.05, 4.69) is 13.0 Å². The number of aliphatic hydroxyl groups excluding tert-OH is 5. The number of carboxylic acids is 1. The molecule has 9 heteroatoms. The Hall–Kier alpha value is -1.07. The Kier molecular flexibility index (Phi) is 7.45. The summed E-state index contributed by atoms with van der Waals surface area (Å²) in [7, 11) is 0. The smallest absolute Gasteiger partial charge is 0.309 e. The van der Waals surface area contributed by atoms with Crippen molar-refractivity contribution in [2.24, 2.45) is 28.1 Å². The van der Waals surface area contributed by atoms with Gasteiger partial charge in [0.1, 0.15) is 24.4 Å². The van der Waals surface area contributed by atoms with Gasteiger partial charge in [-0.15, -0.1) is 0 Å². The number of aliphatic carboxylic acids is 1. The molecule has 0 spiro atoms. The predicted octanol–water partition coefficient (Wildman–Crippen LogP) is 1.20. The van der Waals surface area contributed by atoms with Crippen molar-refractivity contribution in [3.63, 3.8) is 0 Å². The van der Waals surface area contributed by atoms with Gasteiger partial charge in [0.25, 0.3) is 0 Å². The van der Waals surface area contributed by atoms with Crippen molar-refractivity contribution < 1.29 is 44.9 Å². The molecule has 3 aliphatic carbocycles. The third kappa shape index (κ3) is 4.47. The minimum atomic E-state index is -1.53. The van der Waals surface area contributed by atoms with E-state index in [-0.39, 0.29) is 17.9 Å². The van der Waals surface area contributed by atoms with Crippen LogP contribution in [-0.4, -0.2) is 86.6 Å². The maximum Gasteiger partial charge on any atom is 0.309 e. The number of carboxylic acid groups (broad SMARTS) is 1. The summed E-state index contributed by atoms with van der Waals surface area (Å²) in [6, 6.07) is 0. The molecule has 11 atom stereocenters. The lowest BCUT2D eigenvalue weighted by Gasteiger charge is -2.59. The highest BCUT2D eigenvalue weighted by molar-refractivity contribution is 5.75. The van der Waals surface area contributed by atoms with Crippen LogP contribution in [0.2, 0.25) is 0 Å². The lowest BCUT2D eigenvalue weighted by atomic mass is 9.45. The second-order valence-electron chi connectivity index (χ2n) is 12.1. The molecule has 0 radical (unpaired) electrons. The van der Waals surface area contributed by atoms with Crippen LogP contribution in [0.5, 0.6) is 0 Å². The van der Waals surface area contributed by atoms with Gasteiger partial charge in [-0.05, 0) is 68.1 Å². The van der Waals surface area contributed by atoms with E-state index in [1.165, 1.54) is 5.57 Å². The third-order valence-corrected chi connectivity index (χ3v) is 10.0. The number of rotatable bonds is 6. The van der Waals surface area contributed by atoms with E-state index in [9.17, 15) is 35.4 Å². The maximum atomic E-state index is 12.2. The third-order valence-electron chi connectivity index (χ3n) is 10.0. The van der Waals surface area contributed by atoms with Crippen LogP contribution in [0.1, 0.15) is 65.7 Å². The molecule has 200 valence electrons. The van der Waals surface area contributed by atoms with Crippen molar-refractivity contribution in [3.8, 4) is 0 Å². The lowest BCUT2D eigenvalue weighted by molar-refractivity contribution is -0.306. The van der Waals surface area contributed by atoms with Gasteiger partial charge in [-0.2, -0.15) is 0 Å². The molecule has 0 bridgehead atoms. The van der Waals surface area contributed by atoms with Gasteiger partial charge in [-0.1, -0.05) is 31.9 Å². The van der Waals surface area contributed by atoms with E-state index in [0.717, 1.165) is 32.1 Å². The number of fused-ring (bicyclic) bond motifs is 3. The van der Waals surface area contributed by atoms with Crippen LogP contribution in [0.15, 0.2) is 11.6 Å². The quantitative estimate of drug-likeness (QED) is 0.296. The molecular formula is C26H42O9. The van der Waals surface area contributed by atoms with Crippen molar-refractivity contribution in [1.29, 1.82) is 0 Å². The van der Waals surface area contributed by atoms with Gasteiger partial charge in [-0.25, -0.2) is 0 Å². The van der Waals surface area contributed by atoms with Gasteiger partial charge in [0.05, 0.1) is 24.7 Å². The normalized spacial score (nSPS) is 48.9. The minimum Gasteiger partial charge on any atom is -0.481 e. The van der Waals surface area contributed by atoms with Gasteiger partial charge >= 0.3 is 5.97 Å². The van der Waals surface area contributed by atoms with E-state index in [0.29, 0.717) is 18.8 Å². The van der Waals surface area contributed by atoms with Crippen molar-refractivity contribution in [2.45, 2.75) is 103 Å². The number of allylic oxidation sites excluding steroid dienone is 2. The van der Waals surface area contributed by atoms with E-state index in [4.69, 9.17) is 9.47 Å². The maximum absolute atomic E-state index is 12.2. The lowest BCUT2D eigenvalue weighted by Crippen LogP contribution is -2.59. The van der Waals surface area contributed by atoms with E-state index < -0.39 is 60.2 Å². The van der Waals surface area contributed by atoms with E-state index >= 15 is 0 Å². The number of carbonyl (C=O) groups is 1. The van der Waals surface area contributed by atoms with Gasteiger partial charge < -0.3 is 40.1 Å². The van der Waals surface area contributed by atoms with E-state index in [1.54, 1.807) is 0 Å². The fraction of sp³-hybridized carbons (Fsp3) is 0.885. The summed E-state index contributed by atoms with van der Waals surface area (Å²) in [5.41, 5.74) is 0.0344. The zero-order valence-corrected chi connectivity index (χ0v) is 21.0. The van der Waals surface area contributed by atoms with Gasteiger partial charge in [-0.3, -0.25) is 4.79 Å². The molecule has 4 aliphatic rings. The molecule has 6 N–H and O–H groups in total. The molecule has 2 saturated carbocycles. The standard InChI is InChI=1S/C26H42O9/c1-24(18(28)13-34-22-21(31)20(30)19(29)16(12-27)35-22)10-7-15-14(11-24)5-6-17-25(15,2)8-4-9-26(17,3)23(32)33/h5,15-22,27-31H,4,6-13H2,1-3H3,(H,32,33)/t15-,16+,17+,18+,19+,20-,21+,22-,24-,25+,26-/m0/s1. The van der Waals surface area contributed by atoms with Crippen LogP contribution in [0, 0.1) is 28.1 Å². The van der Waals surface area contributed by atoms with Crippen LogP contribution in [0.3, 0.4) is 0 Å². The van der Waals surface area contributed by atoms with Gasteiger partial charge in [0, 0.05) is 0 Å². The Morgan fingerprint density at radius 2 is 1.86 bits per heavy atom. The molecule has 1 saturated heterocycles. The average molecular weight is 499 g/mol. The van der Waals surface area contributed by atoms with Crippen LogP contribution < -0.4 is 0 Å². The fourth-order valence-corrected chi connectivity index (χ4v) is 7.57. The Morgan fingerprint density at radius 1 is 1.14 bits per heavy atom. The second kappa shape index (κ2) is 9.67. The van der Waals surface area contributed by atoms with Gasteiger partial charge in [0.2, 0.25) is 0 Å². The van der Waals surface area contributed by atoms with Crippen molar-refractivity contribution >= 4 is 5.97 Å². The molecule has 9 nitrogen and oxygen atoms in total. The van der Waals surface area contributed by atoms with Crippen LogP contribution >= 0.6 is 0 Å². The van der Waals surface area contributed by atoms with Crippen LogP contribution in [0.4, 0.5) is 0 Å². The molecule has 0 aromatic rings. The minimum absolute atomic E-state index is 0.0748. The largest absolute Gasteiger partial charge is 0.481 e. The first-order valence-corrected chi connectivity index (χ1v) is 12.9. The molecule has 3 fully saturated rings. The number of ether oxygens (including phenoxy) is 2. The summed E-state index contributed by atoms with van der Waals surface area (Å²) >= 11 is 0. The Balaban J connectivity index is 1.44. The zero-order valence-electron chi connectivity index (χ0n) is 21.0. The predicted molar refractivity (Wildman–Crippen MR) is 125 cm³/mol. The zero-order chi connectivity index (χ0) is 25.8. The summed E-state index contributed by atoms with van der Waals surface area (Å²) in [6.07, 6.45) is 0.198. The van der Waals surface area contributed by atoms with Crippen molar-refractivity contribution in [2.75, 3.05) is 13.2 Å².